The van der Waals surface area contributed by atoms with E-state index < -0.39 is 17.2 Å². The maximum Gasteiger partial charge on any atom is 0.155 e. The third kappa shape index (κ3) is 2.51. The van der Waals surface area contributed by atoms with Crippen molar-refractivity contribution in [1.29, 1.82) is 0 Å². The van der Waals surface area contributed by atoms with E-state index in [4.69, 9.17) is 4.74 Å². The van der Waals surface area contributed by atoms with Crippen molar-refractivity contribution in [3.63, 3.8) is 0 Å². The highest BCUT2D eigenvalue weighted by molar-refractivity contribution is 9.09. The zero-order valence-electron chi connectivity index (χ0n) is 7.10. The Labute approximate surface area is 88.0 Å². The lowest BCUT2D eigenvalue weighted by Gasteiger charge is -2.05. The van der Waals surface area contributed by atoms with Crippen molar-refractivity contribution in [3.05, 3.63) is 29.3 Å². The number of halogens is 3. The van der Waals surface area contributed by atoms with Crippen LogP contribution in [-0.2, 0) is 0 Å². The summed E-state index contributed by atoms with van der Waals surface area (Å²) >= 11 is 3.10. The molecule has 0 fully saturated rings. The molecule has 0 saturated heterocycles. The van der Waals surface area contributed by atoms with E-state index in [-0.39, 0.29) is 12.0 Å². The quantitative estimate of drug-likeness (QED) is 0.617. The highest BCUT2D eigenvalue weighted by Gasteiger charge is 2.10. The van der Waals surface area contributed by atoms with E-state index in [2.05, 4.69) is 15.9 Å². The maximum atomic E-state index is 13.0. The highest BCUT2D eigenvalue weighted by atomic mass is 79.9. The van der Waals surface area contributed by atoms with Crippen LogP contribution in [0.25, 0.3) is 0 Å². The molecule has 76 valence electrons. The number of aldehydes is 1. The molecule has 0 aliphatic rings. The fraction of sp³-hybridized carbons (Fsp3) is 0.222. The average Bonchev–Trinajstić information content (AvgIpc) is 2.14. The lowest BCUT2D eigenvalue weighted by molar-refractivity contribution is 0.111. The number of carbonyl (C=O) groups is 1. The smallest absolute Gasteiger partial charge is 0.155 e. The van der Waals surface area contributed by atoms with Crippen molar-refractivity contribution in [2.24, 2.45) is 0 Å². The number of ether oxygens (including phenoxy) is 1. The minimum absolute atomic E-state index is 0.0741. The van der Waals surface area contributed by atoms with E-state index in [1.807, 2.05) is 0 Å². The Bertz CT molecular complexity index is 319. The molecule has 0 spiro atoms. The average molecular weight is 265 g/mol. The van der Waals surface area contributed by atoms with E-state index in [9.17, 15) is 13.6 Å². The summed E-state index contributed by atoms with van der Waals surface area (Å²) in [5.41, 5.74) is -0.573. The van der Waals surface area contributed by atoms with Gasteiger partial charge in [0.2, 0.25) is 0 Å². The van der Waals surface area contributed by atoms with Gasteiger partial charge in [0.15, 0.2) is 6.29 Å². The van der Waals surface area contributed by atoms with Crippen LogP contribution in [0.4, 0.5) is 8.78 Å². The van der Waals surface area contributed by atoms with Gasteiger partial charge < -0.3 is 4.74 Å². The first-order chi connectivity index (χ1) is 6.69. The monoisotopic (exact) mass is 264 g/mol. The zero-order chi connectivity index (χ0) is 10.6. The molecule has 5 heteroatoms. The standard InChI is InChI=1S/C9H7BrF2O2/c10-1-2-14-6-3-8(11)7(5-13)9(12)4-6/h3-5H,1-2H2. The SMILES string of the molecule is O=Cc1c(F)cc(OCCBr)cc1F. The molecule has 0 aromatic heterocycles. The summed E-state index contributed by atoms with van der Waals surface area (Å²) in [6.07, 6.45) is 0.138. The molecule has 0 bridgehead atoms. The van der Waals surface area contributed by atoms with E-state index >= 15 is 0 Å². The van der Waals surface area contributed by atoms with Crippen LogP contribution in [0.2, 0.25) is 0 Å². The van der Waals surface area contributed by atoms with Gasteiger partial charge in [0.05, 0.1) is 12.2 Å². The van der Waals surface area contributed by atoms with Crippen molar-refractivity contribution >= 4 is 22.2 Å². The first kappa shape index (κ1) is 11.1. The van der Waals surface area contributed by atoms with Crippen molar-refractivity contribution < 1.29 is 18.3 Å². The summed E-state index contributed by atoms with van der Waals surface area (Å²) in [7, 11) is 0. The Morgan fingerprint density at radius 2 is 1.93 bits per heavy atom. The molecule has 0 amide bonds. The van der Waals surface area contributed by atoms with Gasteiger partial charge in [-0.05, 0) is 0 Å². The predicted octanol–water partition coefficient (Wildman–Crippen LogP) is 2.55. The van der Waals surface area contributed by atoms with E-state index in [1.165, 1.54) is 0 Å². The Morgan fingerprint density at radius 1 is 1.36 bits per heavy atom. The van der Waals surface area contributed by atoms with Gasteiger partial charge in [-0.3, -0.25) is 4.79 Å². The molecule has 1 rings (SSSR count). The van der Waals surface area contributed by atoms with Crippen molar-refractivity contribution in [2.75, 3.05) is 11.9 Å². The molecule has 0 N–H and O–H groups in total. The molecular formula is C9H7BrF2O2. The van der Waals surface area contributed by atoms with Crippen LogP contribution in [-0.4, -0.2) is 18.2 Å². The lowest BCUT2D eigenvalue weighted by atomic mass is 10.2. The van der Waals surface area contributed by atoms with Gasteiger partial charge >= 0.3 is 0 Å². The summed E-state index contributed by atoms with van der Waals surface area (Å²) in [6.45, 7) is 0.305. The minimum Gasteiger partial charge on any atom is -0.493 e. The van der Waals surface area contributed by atoms with Gasteiger partial charge in [-0.15, -0.1) is 0 Å². The number of benzene rings is 1. The number of rotatable bonds is 4. The Balaban J connectivity index is 2.95. The van der Waals surface area contributed by atoms with E-state index in [1.54, 1.807) is 0 Å². The fourth-order valence-corrected chi connectivity index (χ4v) is 1.08. The van der Waals surface area contributed by atoms with Crippen LogP contribution >= 0.6 is 15.9 Å². The first-order valence-corrected chi connectivity index (χ1v) is 4.94. The van der Waals surface area contributed by atoms with Crippen LogP contribution in [0.5, 0.6) is 5.75 Å². The molecule has 0 atom stereocenters. The highest BCUT2D eigenvalue weighted by Crippen LogP contribution is 2.19. The lowest BCUT2D eigenvalue weighted by Crippen LogP contribution is -2.01. The first-order valence-electron chi connectivity index (χ1n) is 3.82. The molecule has 1 aromatic carbocycles. The Hall–Kier alpha value is -0.970. The second kappa shape index (κ2) is 5.05. The molecule has 0 heterocycles. The minimum atomic E-state index is -0.912. The molecule has 0 saturated carbocycles. The van der Waals surface area contributed by atoms with Crippen LogP contribution in [0.1, 0.15) is 10.4 Å². The van der Waals surface area contributed by atoms with Crippen molar-refractivity contribution in [2.45, 2.75) is 0 Å². The normalized spacial score (nSPS) is 9.93. The number of hydrogen-bond acceptors (Lipinski definition) is 2. The van der Waals surface area contributed by atoms with Gasteiger partial charge in [-0.2, -0.15) is 0 Å². The van der Waals surface area contributed by atoms with Crippen LogP contribution < -0.4 is 4.74 Å². The van der Waals surface area contributed by atoms with E-state index in [0.29, 0.717) is 11.9 Å². The van der Waals surface area contributed by atoms with Crippen molar-refractivity contribution in [3.8, 4) is 5.75 Å². The maximum absolute atomic E-state index is 13.0. The zero-order valence-corrected chi connectivity index (χ0v) is 8.68. The summed E-state index contributed by atoms with van der Waals surface area (Å²) in [5.74, 6) is -1.75. The van der Waals surface area contributed by atoms with Gasteiger partial charge in [-0.1, -0.05) is 15.9 Å². The number of alkyl halides is 1. The third-order valence-corrected chi connectivity index (χ3v) is 1.84. The largest absolute Gasteiger partial charge is 0.493 e. The van der Waals surface area contributed by atoms with Gasteiger partial charge in [0.25, 0.3) is 0 Å². The van der Waals surface area contributed by atoms with Crippen LogP contribution in [0.15, 0.2) is 12.1 Å². The number of hydrogen-bond donors (Lipinski definition) is 0. The Morgan fingerprint density at radius 3 is 2.36 bits per heavy atom. The summed E-state index contributed by atoms with van der Waals surface area (Å²) in [6, 6.07) is 1.96. The van der Waals surface area contributed by atoms with E-state index in [0.717, 1.165) is 12.1 Å². The molecule has 0 aliphatic heterocycles. The fourth-order valence-electron chi connectivity index (χ4n) is 0.913. The molecule has 0 radical (unpaired) electrons. The van der Waals surface area contributed by atoms with Crippen LogP contribution in [0, 0.1) is 11.6 Å². The molecule has 14 heavy (non-hydrogen) atoms. The summed E-state index contributed by atoms with van der Waals surface area (Å²) < 4.78 is 30.9. The third-order valence-electron chi connectivity index (χ3n) is 1.52. The summed E-state index contributed by atoms with van der Waals surface area (Å²) in [5, 5.41) is 0.561. The molecule has 1 aromatic rings. The predicted molar refractivity (Wildman–Crippen MR) is 51.0 cm³/mol. The van der Waals surface area contributed by atoms with Gasteiger partial charge in [-0.25, -0.2) is 8.78 Å². The Kier molecular flexibility index (Phi) is 4.00. The summed E-state index contributed by atoms with van der Waals surface area (Å²) in [4.78, 5) is 10.2. The van der Waals surface area contributed by atoms with Crippen LogP contribution in [0.3, 0.4) is 0 Å². The van der Waals surface area contributed by atoms with Gasteiger partial charge in [0, 0.05) is 17.5 Å². The molecular weight excluding hydrogens is 258 g/mol. The number of carbonyl (C=O) groups excluding carboxylic acids is 1. The molecule has 0 unspecified atom stereocenters. The van der Waals surface area contributed by atoms with Gasteiger partial charge in [0.1, 0.15) is 17.4 Å². The second-order valence-corrected chi connectivity index (χ2v) is 3.25. The molecule has 2 nitrogen and oxygen atoms in total. The van der Waals surface area contributed by atoms with Crippen molar-refractivity contribution in [1.82, 2.24) is 0 Å². The topological polar surface area (TPSA) is 26.3 Å². The second-order valence-electron chi connectivity index (χ2n) is 2.46. The molecule has 0 aliphatic carbocycles.